The summed E-state index contributed by atoms with van der Waals surface area (Å²) in [7, 11) is 0. The van der Waals surface area contributed by atoms with E-state index < -0.39 is 19.1 Å². The zero-order chi connectivity index (χ0) is 35.4. The number of para-hydroxylation sites is 2. The van der Waals surface area contributed by atoms with Crippen molar-refractivity contribution >= 4 is 21.8 Å². The van der Waals surface area contributed by atoms with Crippen molar-refractivity contribution in [2.24, 2.45) is 0 Å². The topological polar surface area (TPSA) is 9.86 Å². The second-order valence-electron chi connectivity index (χ2n) is 11.4. The first-order valence-electron chi connectivity index (χ1n) is 18.1. The molecule has 2 heterocycles. The molecule has 0 radical (unpaired) electrons. The summed E-state index contributed by atoms with van der Waals surface area (Å²) in [6, 6.07) is 50.4. The van der Waals surface area contributed by atoms with Crippen LogP contribution in [0, 0.1) is 0 Å². The Morgan fingerprint density at radius 1 is 0.422 bits per heavy atom. The van der Waals surface area contributed by atoms with E-state index in [0.717, 1.165) is 55.4 Å². The summed E-state index contributed by atoms with van der Waals surface area (Å²) < 4.78 is 56.8. The van der Waals surface area contributed by atoms with Gasteiger partial charge in [0, 0.05) is 59.3 Å². The summed E-state index contributed by atoms with van der Waals surface area (Å²) in [6.07, 6.45) is 4.14. The molecule has 0 N–H and O–H groups in total. The van der Waals surface area contributed by atoms with Gasteiger partial charge in [-0.05, 0) is 58.7 Å². The molecule has 8 aromatic rings. The van der Waals surface area contributed by atoms with Gasteiger partial charge in [0.1, 0.15) is 0 Å². The molecule has 2 nitrogen and oxygen atoms in total. The van der Waals surface area contributed by atoms with Gasteiger partial charge in [0.2, 0.25) is 0 Å². The Bertz CT molecular complexity index is 2300. The average Bonchev–Trinajstić information content (AvgIpc) is 3.72. The van der Waals surface area contributed by atoms with Gasteiger partial charge < -0.3 is 9.13 Å². The van der Waals surface area contributed by atoms with Crippen LogP contribution in [-0.4, -0.2) is 9.13 Å². The third-order valence-corrected chi connectivity index (χ3v) is 8.75. The lowest BCUT2D eigenvalue weighted by Gasteiger charge is -2.27. The molecular weight excluding hydrogens is 544 g/mol. The molecule has 0 atom stereocenters. The van der Waals surface area contributed by atoms with Crippen molar-refractivity contribution in [3.05, 3.63) is 181 Å². The van der Waals surface area contributed by atoms with E-state index in [-0.39, 0.29) is 11.1 Å². The van der Waals surface area contributed by atoms with Gasteiger partial charge in [-0.3, -0.25) is 0 Å². The van der Waals surface area contributed by atoms with Crippen LogP contribution in [0.5, 0.6) is 0 Å². The third kappa shape index (κ3) is 4.67. The summed E-state index contributed by atoms with van der Waals surface area (Å²) in [5.41, 5.74) is 6.02. The predicted molar refractivity (Wildman–Crippen MR) is 190 cm³/mol. The van der Waals surface area contributed by atoms with E-state index in [9.17, 15) is 0 Å². The Labute approximate surface area is 272 Å². The molecule has 8 rings (SSSR count). The van der Waals surface area contributed by atoms with Crippen LogP contribution in [0.15, 0.2) is 170 Å². The van der Waals surface area contributed by atoms with Crippen LogP contribution < -0.4 is 0 Å². The Kier molecular flexibility index (Phi) is 5.10. The summed E-state index contributed by atoms with van der Waals surface area (Å²) in [5, 5.41) is 2.16. The standard InChI is InChI=1S/C43H34N2/c1-43(2,33-21-25-35(26-22-33)44-29-39(31-13-5-3-6-14-31)37-17-9-11-19-41(37)44)34-23-27-36(28-24-34)45-30-40(32-15-7-4-8-16-32)38-18-10-12-20-42(38)45/h3-30H,1-2H3/i1D3,2D3. The first-order valence-corrected chi connectivity index (χ1v) is 15.1. The first kappa shape index (κ1) is 21.2. The SMILES string of the molecule is [2H]C([2H])([2H])C(c1ccc(-n2cc(-c3ccccc3)c3ccccc32)cc1)(c1ccc(-n2cc(-c3ccccc3)c3ccccc32)cc1)C([2H])([2H])[2H]. The van der Waals surface area contributed by atoms with E-state index in [1.807, 2.05) is 97.1 Å². The Hall–Kier alpha value is -5.60. The highest BCUT2D eigenvalue weighted by molar-refractivity contribution is 5.98. The quantitative estimate of drug-likeness (QED) is 0.184. The highest BCUT2D eigenvalue weighted by Crippen LogP contribution is 2.37. The summed E-state index contributed by atoms with van der Waals surface area (Å²) >= 11 is 0. The molecule has 2 aromatic heterocycles. The average molecular weight is 585 g/mol. The van der Waals surface area contributed by atoms with Crippen molar-refractivity contribution in [1.29, 1.82) is 0 Å². The Balaban J connectivity index is 1.23. The molecule has 0 bridgehead atoms. The molecular formula is C43H34N2. The van der Waals surface area contributed by atoms with Gasteiger partial charge in [0.15, 0.2) is 0 Å². The predicted octanol–water partition coefficient (Wildman–Crippen LogP) is 11.2. The summed E-state index contributed by atoms with van der Waals surface area (Å²) in [5.74, 6) is 0. The second-order valence-corrected chi connectivity index (χ2v) is 11.4. The molecule has 0 saturated heterocycles. The van der Waals surface area contributed by atoms with E-state index in [2.05, 4.69) is 57.9 Å². The van der Waals surface area contributed by atoms with Crippen molar-refractivity contribution < 1.29 is 8.22 Å². The van der Waals surface area contributed by atoms with Gasteiger partial charge in [-0.25, -0.2) is 0 Å². The van der Waals surface area contributed by atoms with Crippen LogP contribution in [0.3, 0.4) is 0 Å². The van der Waals surface area contributed by atoms with E-state index in [0.29, 0.717) is 0 Å². The molecule has 0 aliphatic rings. The molecule has 0 amide bonds. The molecule has 0 aliphatic carbocycles. The van der Waals surface area contributed by atoms with E-state index in [1.165, 1.54) is 0 Å². The number of benzene rings is 6. The Morgan fingerprint density at radius 3 is 1.20 bits per heavy atom. The van der Waals surface area contributed by atoms with Crippen LogP contribution in [-0.2, 0) is 5.41 Å². The maximum Gasteiger partial charge on any atom is 0.0534 e. The van der Waals surface area contributed by atoms with Gasteiger partial charge in [-0.1, -0.05) is 135 Å². The molecule has 216 valence electrons. The van der Waals surface area contributed by atoms with Crippen molar-refractivity contribution in [3.63, 3.8) is 0 Å². The number of fused-ring (bicyclic) bond motifs is 2. The lowest BCUT2D eigenvalue weighted by Crippen LogP contribution is -2.19. The second kappa shape index (κ2) is 10.8. The Morgan fingerprint density at radius 2 is 0.800 bits per heavy atom. The summed E-state index contributed by atoms with van der Waals surface area (Å²) in [6.45, 7) is -5.80. The first-order chi connectivity index (χ1) is 24.6. The smallest absolute Gasteiger partial charge is 0.0534 e. The number of nitrogens with zero attached hydrogens (tertiary/aromatic N) is 2. The fourth-order valence-electron chi connectivity index (χ4n) is 6.39. The zero-order valence-corrected chi connectivity index (χ0v) is 24.6. The molecule has 0 spiro atoms. The molecule has 0 fully saturated rings. The number of hydrogen-bond acceptors (Lipinski definition) is 0. The lowest BCUT2D eigenvalue weighted by molar-refractivity contribution is 0.640. The van der Waals surface area contributed by atoms with Crippen LogP contribution in [0.1, 0.15) is 33.1 Å². The highest BCUT2D eigenvalue weighted by atomic mass is 15.0. The molecule has 45 heavy (non-hydrogen) atoms. The van der Waals surface area contributed by atoms with Crippen molar-refractivity contribution in [3.8, 4) is 33.6 Å². The molecule has 0 unspecified atom stereocenters. The maximum atomic E-state index is 8.78. The van der Waals surface area contributed by atoms with E-state index in [4.69, 9.17) is 8.22 Å². The van der Waals surface area contributed by atoms with Crippen LogP contribution in [0.2, 0.25) is 0 Å². The van der Waals surface area contributed by atoms with Crippen molar-refractivity contribution in [1.82, 2.24) is 9.13 Å². The molecule has 0 saturated carbocycles. The highest BCUT2D eigenvalue weighted by Gasteiger charge is 2.24. The van der Waals surface area contributed by atoms with E-state index >= 15 is 0 Å². The number of hydrogen-bond donors (Lipinski definition) is 0. The van der Waals surface area contributed by atoms with Gasteiger partial charge >= 0.3 is 0 Å². The van der Waals surface area contributed by atoms with Gasteiger partial charge in [0.25, 0.3) is 0 Å². The van der Waals surface area contributed by atoms with Crippen molar-refractivity contribution in [2.75, 3.05) is 0 Å². The minimum absolute atomic E-state index is 0.205. The van der Waals surface area contributed by atoms with Crippen LogP contribution >= 0.6 is 0 Å². The van der Waals surface area contributed by atoms with Crippen LogP contribution in [0.25, 0.3) is 55.4 Å². The minimum atomic E-state index is -2.90. The van der Waals surface area contributed by atoms with E-state index in [1.54, 1.807) is 24.3 Å². The number of rotatable bonds is 6. The summed E-state index contributed by atoms with van der Waals surface area (Å²) in [4.78, 5) is 0. The number of aromatic nitrogens is 2. The fraction of sp³-hybridized carbons (Fsp3) is 0.0698. The maximum absolute atomic E-state index is 8.78. The zero-order valence-electron chi connectivity index (χ0n) is 30.6. The van der Waals surface area contributed by atoms with Gasteiger partial charge in [-0.15, -0.1) is 0 Å². The lowest BCUT2D eigenvalue weighted by atomic mass is 9.78. The monoisotopic (exact) mass is 584 g/mol. The minimum Gasteiger partial charge on any atom is -0.316 e. The molecule has 6 aromatic carbocycles. The van der Waals surface area contributed by atoms with Crippen molar-refractivity contribution in [2.45, 2.75) is 19.1 Å². The largest absolute Gasteiger partial charge is 0.316 e. The fourth-order valence-corrected chi connectivity index (χ4v) is 6.39. The third-order valence-electron chi connectivity index (χ3n) is 8.75. The van der Waals surface area contributed by atoms with Gasteiger partial charge in [-0.2, -0.15) is 0 Å². The van der Waals surface area contributed by atoms with Gasteiger partial charge in [0.05, 0.1) is 11.0 Å². The molecule has 2 heteroatoms. The van der Waals surface area contributed by atoms with Crippen LogP contribution in [0.4, 0.5) is 0 Å². The molecule has 0 aliphatic heterocycles. The normalized spacial score (nSPS) is 14.3.